The van der Waals surface area contributed by atoms with Crippen LogP contribution in [-0.4, -0.2) is 29.7 Å². The number of likely N-dealkylation sites (N-methyl/N-ethyl adjacent to an activating group) is 1. The summed E-state index contributed by atoms with van der Waals surface area (Å²) in [6.07, 6.45) is 0. The van der Waals surface area contributed by atoms with Crippen molar-refractivity contribution in [3.8, 4) is 0 Å². The number of nitrogens with zero attached hydrogens (tertiary/aromatic N) is 1. The number of aliphatic hydroxyl groups excluding tert-OH is 1. The lowest BCUT2D eigenvalue weighted by molar-refractivity contribution is 0.165. The molecule has 3 heteroatoms. The molecule has 3 nitrogen and oxygen atoms in total. The number of nitrogen functional groups attached to an aromatic ring is 1. The van der Waals surface area contributed by atoms with Gasteiger partial charge < -0.3 is 10.8 Å². The number of hydrogen-bond acceptors (Lipinski definition) is 3. The highest BCUT2D eigenvalue weighted by molar-refractivity contribution is 5.40. The quantitative estimate of drug-likeness (QED) is 0.723. The summed E-state index contributed by atoms with van der Waals surface area (Å²) in [6, 6.07) is 8.24. The number of nitrogens with two attached hydrogens (primary N) is 1. The average Bonchev–Trinajstić information content (AvgIpc) is 2.26. The maximum atomic E-state index is 8.95. The van der Waals surface area contributed by atoms with Gasteiger partial charge in [-0.05, 0) is 31.2 Å². The second kappa shape index (κ2) is 5.73. The van der Waals surface area contributed by atoms with Crippen molar-refractivity contribution in [3.05, 3.63) is 29.8 Å². The molecule has 1 unspecified atom stereocenters. The molecule has 1 aromatic rings. The SMILES string of the molecule is CCN(CCO)C(C)c1ccc(N)cc1. The summed E-state index contributed by atoms with van der Waals surface area (Å²) in [6.45, 7) is 6.09. The lowest BCUT2D eigenvalue weighted by Gasteiger charge is -2.27. The topological polar surface area (TPSA) is 49.5 Å². The van der Waals surface area contributed by atoms with Gasteiger partial charge in [-0.3, -0.25) is 4.90 Å². The Hall–Kier alpha value is -1.06. The number of benzene rings is 1. The van der Waals surface area contributed by atoms with E-state index >= 15 is 0 Å². The van der Waals surface area contributed by atoms with Crippen LogP contribution in [-0.2, 0) is 0 Å². The first kappa shape index (κ1) is 12.0. The molecule has 3 N–H and O–H groups in total. The molecule has 0 aliphatic rings. The lowest BCUT2D eigenvalue weighted by atomic mass is 10.1. The van der Waals surface area contributed by atoms with Gasteiger partial charge in [-0.2, -0.15) is 0 Å². The monoisotopic (exact) mass is 208 g/mol. The van der Waals surface area contributed by atoms with Crippen LogP contribution in [0, 0.1) is 0 Å². The highest BCUT2D eigenvalue weighted by Crippen LogP contribution is 2.20. The van der Waals surface area contributed by atoms with E-state index < -0.39 is 0 Å². The summed E-state index contributed by atoms with van der Waals surface area (Å²) >= 11 is 0. The summed E-state index contributed by atoms with van der Waals surface area (Å²) in [5.74, 6) is 0. The number of aliphatic hydroxyl groups is 1. The first-order chi connectivity index (χ1) is 7.19. The largest absolute Gasteiger partial charge is 0.399 e. The normalized spacial score (nSPS) is 13.1. The van der Waals surface area contributed by atoms with Crippen LogP contribution in [0.2, 0.25) is 0 Å². The third-order valence-electron chi connectivity index (χ3n) is 2.76. The van der Waals surface area contributed by atoms with Crippen molar-refractivity contribution in [2.75, 3.05) is 25.4 Å². The van der Waals surface area contributed by atoms with Gasteiger partial charge in [0, 0.05) is 18.3 Å². The summed E-state index contributed by atoms with van der Waals surface area (Å²) in [5.41, 5.74) is 7.66. The highest BCUT2D eigenvalue weighted by atomic mass is 16.3. The number of anilines is 1. The van der Waals surface area contributed by atoms with E-state index in [1.165, 1.54) is 5.56 Å². The van der Waals surface area contributed by atoms with E-state index in [2.05, 4.69) is 18.7 Å². The molecule has 84 valence electrons. The Morgan fingerprint density at radius 1 is 1.33 bits per heavy atom. The Labute approximate surface area is 91.5 Å². The van der Waals surface area contributed by atoms with E-state index in [9.17, 15) is 0 Å². The van der Waals surface area contributed by atoms with Crippen LogP contribution in [0.4, 0.5) is 5.69 Å². The van der Waals surface area contributed by atoms with Gasteiger partial charge in [-0.25, -0.2) is 0 Å². The molecule has 0 fully saturated rings. The molecule has 15 heavy (non-hydrogen) atoms. The minimum atomic E-state index is 0.202. The fourth-order valence-corrected chi connectivity index (χ4v) is 1.74. The molecule has 0 aliphatic heterocycles. The van der Waals surface area contributed by atoms with Crippen LogP contribution < -0.4 is 5.73 Å². The van der Waals surface area contributed by atoms with Crippen molar-refractivity contribution in [2.45, 2.75) is 19.9 Å². The van der Waals surface area contributed by atoms with Crippen molar-refractivity contribution in [1.82, 2.24) is 4.90 Å². The molecule has 0 radical (unpaired) electrons. The van der Waals surface area contributed by atoms with E-state index in [1.807, 2.05) is 24.3 Å². The third-order valence-corrected chi connectivity index (χ3v) is 2.76. The van der Waals surface area contributed by atoms with E-state index in [0.717, 1.165) is 12.2 Å². The van der Waals surface area contributed by atoms with Gasteiger partial charge in [0.25, 0.3) is 0 Å². The maximum absolute atomic E-state index is 8.95. The van der Waals surface area contributed by atoms with Crippen LogP contribution in [0.25, 0.3) is 0 Å². The van der Waals surface area contributed by atoms with Crippen molar-refractivity contribution in [3.63, 3.8) is 0 Å². The zero-order valence-electron chi connectivity index (χ0n) is 9.48. The van der Waals surface area contributed by atoms with Crippen molar-refractivity contribution in [2.24, 2.45) is 0 Å². The highest BCUT2D eigenvalue weighted by Gasteiger charge is 2.12. The van der Waals surface area contributed by atoms with Crippen molar-refractivity contribution < 1.29 is 5.11 Å². The van der Waals surface area contributed by atoms with Gasteiger partial charge in [-0.15, -0.1) is 0 Å². The molecular formula is C12H20N2O. The molecule has 0 saturated heterocycles. The smallest absolute Gasteiger partial charge is 0.0558 e. The molecule has 0 spiro atoms. The zero-order valence-corrected chi connectivity index (χ0v) is 9.48. The van der Waals surface area contributed by atoms with Crippen LogP contribution in [0.15, 0.2) is 24.3 Å². The Morgan fingerprint density at radius 3 is 2.40 bits per heavy atom. The summed E-state index contributed by atoms with van der Waals surface area (Å²) in [5, 5.41) is 8.95. The second-order valence-electron chi connectivity index (χ2n) is 3.69. The van der Waals surface area contributed by atoms with Gasteiger partial charge in [0.1, 0.15) is 0 Å². The predicted octanol–water partition coefficient (Wildman–Crippen LogP) is 1.64. The molecule has 0 bridgehead atoms. The lowest BCUT2D eigenvalue weighted by Crippen LogP contribution is -2.29. The Morgan fingerprint density at radius 2 is 1.93 bits per heavy atom. The average molecular weight is 208 g/mol. The first-order valence-corrected chi connectivity index (χ1v) is 5.39. The van der Waals surface area contributed by atoms with Gasteiger partial charge in [0.05, 0.1) is 6.61 Å². The minimum absolute atomic E-state index is 0.202. The van der Waals surface area contributed by atoms with E-state index in [4.69, 9.17) is 10.8 Å². The molecule has 1 rings (SSSR count). The molecule has 0 aliphatic carbocycles. The Kier molecular flexibility index (Phi) is 4.59. The van der Waals surface area contributed by atoms with Crippen LogP contribution in [0.1, 0.15) is 25.5 Å². The van der Waals surface area contributed by atoms with E-state index in [0.29, 0.717) is 12.6 Å². The predicted molar refractivity (Wildman–Crippen MR) is 63.6 cm³/mol. The number of hydrogen-bond donors (Lipinski definition) is 2. The summed E-state index contributed by atoms with van der Waals surface area (Å²) < 4.78 is 0. The Balaban J connectivity index is 2.73. The van der Waals surface area contributed by atoms with E-state index in [-0.39, 0.29) is 6.61 Å². The molecule has 0 aromatic heterocycles. The number of rotatable bonds is 5. The molecular weight excluding hydrogens is 188 g/mol. The minimum Gasteiger partial charge on any atom is -0.399 e. The fraction of sp³-hybridized carbons (Fsp3) is 0.500. The fourth-order valence-electron chi connectivity index (χ4n) is 1.74. The van der Waals surface area contributed by atoms with Crippen molar-refractivity contribution >= 4 is 5.69 Å². The van der Waals surface area contributed by atoms with Crippen LogP contribution in [0.5, 0.6) is 0 Å². The van der Waals surface area contributed by atoms with Gasteiger partial charge >= 0.3 is 0 Å². The maximum Gasteiger partial charge on any atom is 0.0558 e. The zero-order chi connectivity index (χ0) is 11.3. The van der Waals surface area contributed by atoms with Crippen LogP contribution in [0.3, 0.4) is 0 Å². The molecule has 1 atom stereocenters. The molecule has 1 aromatic carbocycles. The second-order valence-corrected chi connectivity index (χ2v) is 3.69. The molecule has 0 heterocycles. The van der Waals surface area contributed by atoms with Gasteiger partial charge in [0.15, 0.2) is 0 Å². The van der Waals surface area contributed by atoms with E-state index in [1.54, 1.807) is 0 Å². The third kappa shape index (κ3) is 3.22. The first-order valence-electron chi connectivity index (χ1n) is 5.39. The summed E-state index contributed by atoms with van der Waals surface area (Å²) in [7, 11) is 0. The van der Waals surface area contributed by atoms with Gasteiger partial charge in [-0.1, -0.05) is 19.1 Å². The summed E-state index contributed by atoms with van der Waals surface area (Å²) in [4.78, 5) is 2.23. The molecule has 0 amide bonds. The molecule has 0 saturated carbocycles. The standard InChI is InChI=1S/C12H20N2O/c1-3-14(8-9-15)10(2)11-4-6-12(13)7-5-11/h4-7,10,15H,3,8-9,13H2,1-2H3. The Bertz CT molecular complexity index is 284. The van der Waals surface area contributed by atoms with Crippen molar-refractivity contribution in [1.29, 1.82) is 0 Å². The van der Waals surface area contributed by atoms with Gasteiger partial charge in [0.2, 0.25) is 0 Å². The van der Waals surface area contributed by atoms with Crippen LogP contribution >= 0.6 is 0 Å².